The second-order valence-electron chi connectivity index (χ2n) is 7.98. The van der Waals surface area contributed by atoms with Crippen LogP contribution in [0, 0.1) is 6.92 Å². The number of hydrogen-bond donors (Lipinski definition) is 1. The maximum Gasteiger partial charge on any atom is 0.146 e. The summed E-state index contributed by atoms with van der Waals surface area (Å²) in [4.78, 5) is 9.13. The molecule has 146 valence electrons. The van der Waals surface area contributed by atoms with Crippen LogP contribution in [0.4, 0.5) is 5.69 Å². The third-order valence-electron chi connectivity index (χ3n) is 5.95. The number of aliphatic hydroxyl groups is 1. The largest absolute Gasteiger partial charge is 0.393 e. The van der Waals surface area contributed by atoms with E-state index in [2.05, 4.69) is 48.7 Å². The number of anilines is 1. The van der Waals surface area contributed by atoms with Gasteiger partial charge in [-0.25, -0.2) is 0 Å². The molecule has 0 amide bonds. The number of aliphatic hydroxyl groups excluding tert-OH is 1. The highest BCUT2D eigenvalue weighted by Crippen LogP contribution is 2.29. The average Bonchev–Trinajstić information content (AvgIpc) is 3.04. The van der Waals surface area contributed by atoms with Gasteiger partial charge in [0, 0.05) is 56.7 Å². The van der Waals surface area contributed by atoms with Gasteiger partial charge >= 0.3 is 0 Å². The Morgan fingerprint density at radius 1 is 1.15 bits per heavy atom. The first kappa shape index (κ1) is 18.4. The molecule has 0 saturated carbocycles. The molecule has 2 aromatic rings. The molecule has 4 rings (SSSR count). The van der Waals surface area contributed by atoms with Crippen molar-refractivity contribution in [1.29, 1.82) is 0 Å². The van der Waals surface area contributed by atoms with Crippen LogP contribution in [0.25, 0.3) is 0 Å². The van der Waals surface area contributed by atoms with Crippen LogP contribution in [0.15, 0.2) is 18.3 Å². The summed E-state index contributed by atoms with van der Waals surface area (Å²) in [6, 6.07) is 4.26. The monoisotopic (exact) mass is 370 g/mol. The Morgan fingerprint density at radius 3 is 2.74 bits per heavy atom. The molecule has 0 spiro atoms. The molecule has 2 saturated heterocycles. The van der Waals surface area contributed by atoms with Crippen LogP contribution in [0.3, 0.4) is 0 Å². The number of aryl methyl sites for hydroxylation is 1. The summed E-state index contributed by atoms with van der Waals surface area (Å²) in [6.07, 6.45) is 5.79. The summed E-state index contributed by atoms with van der Waals surface area (Å²) in [5.41, 5.74) is 2.31. The summed E-state index contributed by atoms with van der Waals surface area (Å²) in [5.74, 6) is 2.53. The molecule has 2 aliphatic rings. The van der Waals surface area contributed by atoms with Gasteiger partial charge in [-0.15, -0.1) is 10.2 Å². The first-order valence-electron chi connectivity index (χ1n) is 10.1. The Morgan fingerprint density at radius 2 is 1.96 bits per heavy atom. The molecule has 27 heavy (non-hydrogen) atoms. The van der Waals surface area contributed by atoms with Crippen molar-refractivity contribution in [3.05, 3.63) is 35.7 Å². The van der Waals surface area contributed by atoms with Gasteiger partial charge in [-0.3, -0.25) is 9.88 Å². The lowest BCUT2D eigenvalue weighted by atomic mass is 9.96. The normalized spacial score (nSPS) is 22.3. The maximum atomic E-state index is 9.69. The van der Waals surface area contributed by atoms with E-state index in [4.69, 9.17) is 0 Å². The predicted molar refractivity (Wildman–Crippen MR) is 105 cm³/mol. The maximum absolute atomic E-state index is 9.69. The van der Waals surface area contributed by atoms with Crippen molar-refractivity contribution in [3.63, 3.8) is 0 Å². The highest BCUT2D eigenvalue weighted by Gasteiger charge is 2.27. The summed E-state index contributed by atoms with van der Waals surface area (Å²) < 4.78 is 2.19. The standard InChI is InChI=1S/C20H30N6O/c1-15-12-17(5-8-21-15)26-9-3-4-16(13-26)20-23-22-19(24(20)2)14-25-10-6-18(27)7-11-25/h5,8,12,16,18,27H,3-4,6-7,9-11,13-14H2,1-2H3. The number of likely N-dealkylation sites (tertiary alicyclic amines) is 1. The fourth-order valence-corrected chi connectivity index (χ4v) is 4.30. The van der Waals surface area contributed by atoms with Crippen molar-refractivity contribution in [2.45, 2.75) is 51.2 Å². The minimum Gasteiger partial charge on any atom is -0.393 e. The Labute approximate surface area is 161 Å². The lowest BCUT2D eigenvalue weighted by Gasteiger charge is -2.34. The first-order valence-corrected chi connectivity index (χ1v) is 10.1. The predicted octanol–water partition coefficient (Wildman–Crippen LogP) is 1.86. The summed E-state index contributed by atoms with van der Waals surface area (Å²) in [5, 5.41) is 18.7. The zero-order valence-corrected chi connectivity index (χ0v) is 16.4. The van der Waals surface area contributed by atoms with E-state index in [1.54, 1.807) is 0 Å². The number of aromatic nitrogens is 4. The Kier molecular flexibility index (Phi) is 5.41. The lowest BCUT2D eigenvalue weighted by molar-refractivity contribution is 0.0775. The molecule has 1 N–H and O–H groups in total. The molecule has 0 bridgehead atoms. The smallest absolute Gasteiger partial charge is 0.146 e. The minimum atomic E-state index is -0.138. The number of hydrogen-bond acceptors (Lipinski definition) is 6. The fraction of sp³-hybridized carbons (Fsp3) is 0.650. The molecule has 2 aromatic heterocycles. The van der Waals surface area contributed by atoms with Crippen molar-refractivity contribution in [2.75, 3.05) is 31.1 Å². The summed E-state index contributed by atoms with van der Waals surface area (Å²) in [6.45, 7) is 6.78. The molecular weight excluding hydrogens is 340 g/mol. The van der Waals surface area contributed by atoms with E-state index in [0.717, 1.165) is 75.7 Å². The summed E-state index contributed by atoms with van der Waals surface area (Å²) >= 11 is 0. The van der Waals surface area contributed by atoms with E-state index < -0.39 is 0 Å². The van der Waals surface area contributed by atoms with Gasteiger partial charge in [0.05, 0.1) is 12.6 Å². The zero-order chi connectivity index (χ0) is 18.8. The van der Waals surface area contributed by atoms with Crippen LogP contribution < -0.4 is 4.90 Å². The second-order valence-corrected chi connectivity index (χ2v) is 7.98. The van der Waals surface area contributed by atoms with Gasteiger partial charge in [0.2, 0.25) is 0 Å². The summed E-state index contributed by atoms with van der Waals surface area (Å²) in [7, 11) is 2.10. The molecule has 0 radical (unpaired) electrons. The highest BCUT2D eigenvalue weighted by atomic mass is 16.3. The van der Waals surface area contributed by atoms with Crippen LogP contribution in [-0.4, -0.2) is 62.0 Å². The van der Waals surface area contributed by atoms with E-state index in [0.29, 0.717) is 5.92 Å². The van der Waals surface area contributed by atoms with Crippen LogP contribution in [0.2, 0.25) is 0 Å². The molecule has 0 aromatic carbocycles. The number of rotatable bonds is 4. The highest BCUT2D eigenvalue weighted by molar-refractivity contribution is 5.47. The Balaban J connectivity index is 1.44. The van der Waals surface area contributed by atoms with Crippen molar-refractivity contribution >= 4 is 5.69 Å². The van der Waals surface area contributed by atoms with Gasteiger partial charge in [-0.1, -0.05) is 0 Å². The molecule has 4 heterocycles. The fourth-order valence-electron chi connectivity index (χ4n) is 4.30. The Bertz CT molecular complexity index is 768. The van der Waals surface area contributed by atoms with Gasteiger partial charge in [0.1, 0.15) is 11.6 Å². The lowest BCUT2D eigenvalue weighted by Crippen LogP contribution is -2.36. The van der Waals surface area contributed by atoms with Gasteiger partial charge in [0.25, 0.3) is 0 Å². The third kappa shape index (κ3) is 4.14. The average molecular weight is 371 g/mol. The van der Waals surface area contributed by atoms with Crippen molar-refractivity contribution in [2.24, 2.45) is 7.05 Å². The van der Waals surface area contributed by atoms with Crippen molar-refractivity contribution < 1.29 is 5.11 Å². The van der Waals surface area contributed by atoms with Crippen LogP contribution in [0.5, 0.6) is 0 Å². The van der Waals surface area contributed by atoms with Crippen LogP contribution in [0.1, 0.15) is 48.9 Å². The molecule has 0 aliphatic carbocycles. The molecular formula is C20H30N6O. The number of piperidine rings is 2. The Hall–Kier alpha value is -1.99. The number of pyridine rings is 1. The second kappa shape index (κ2) is 7.94. The van der Waals surface area contributed by atoms with Crippen molar-refractivity contribution in [1.82, 2.24) is 24.6 Å². The molecule has 1 atom stereocenters. The van der Waals surface area contributed by atoms with Crippen LogP contribution >= 0.6 is 0 Å². The van der Waals surface area contributed by atoms with Crippen LogP contribution in [-0.2, 0) is 13.6 Å². The van der Waals surface area contributed by atoms with Gasteiger partial charge in [-0.2, -0.15) is 0 Å². The SMILES string of the molecule is Cc1cc(N2CCCC(c3nnc(CN4CCC(O)CC4)n3C)C2)ccn1. The van der Waals surface area contributed by atoms with Gasteiger partial charge in [-0.05, 0) is 44.7 Å². The first-order chi connectivity index (χ1) is 13.1. The van der Waals surface area contributed by atoms with E-state index >= 15 is 0 Å². The van der Waals surface area contributed by atoms with E-state index in [9.17, 15) is 5.11 Å². The third-order valence-corrected chi connectivity index (χ3v) is 5.95. The minimum absolute atomic E-state index is 0.138. The van der Waals surface area contributed by atoms with Crippen molar-refractivity contribution in [3.8, 4) is 0 Å². The van der Waals surface area contributed by atoms with E-state index in [-0.39, 0.29) is 6.10 Å². The molecule has 1 unspecified atom stereocenters. The molecule has 7 nitrogen and oxygen atoms in total. The van der Waals surface area contributed by atoms with Gasteiger partial charge < -0.3 is 14.6 Å². The number of nitrogens with zero attached hydrogens (tertiary/aromatic N) is 6. The zero-order valence-electron chi connectivity index (χ0n) is 16.4. The topological polar surface area (TPSA) is 70.3 Å². The molecule has 2 fully saturated rings. The molecule has 7 heteroatoms. The molecule has 2 aliphatic heterocycles. The van der Waals surface area contributed by atoms with E-state index in [1.807, 2.05) is 13.1 Å². The quantitative estimate of drug-likeness (QED) is 0.886. The van der Waals surface area contributed by atoms with Gasteiger partial charge in [0.15, 0.2) is 0 Å². The van der Waals surface area contributed by atoms with E-state index in [1.165, 1.54) is 5.69 Å².